The second-order valence-corrected chi connectivity index (χ2v) is 6.13. The molecule has 2 aliphatic heterocycles. The summed E-state index contributed by atoms with van der Waals surface area (Å²) in [6.07, 6.45) is 0.385. The van der Waals surface area contributed by atoms with Crippen LogP contribution < -0.4 is 16.0 Å². The fraction of sp³-hybridized carbons (Fsp3) is 0.333. The number of piperidine rings is 1. The Kier molecular flexibility index (Phi) is 7.01. The molecule has 2 heterocycles. The molecule has 0 radical (unpaired) electrons. The molecule has 11 heteroatoms. The minimum Gasteiger partial charge on any atom is -0.483 e. The lowest BCUT2D eigenvalue weighted by Crippen LogP contribution is -2.54. The van der Waals surface area contributed by atoms with Crippen LogP contribution in [0.25, 0.3) is 0 Å². The Morgan fingerprint density at radius 2 is 1.97 bits per heavy atom. The highest BCUT2D eigenvalue weighted by molar-refractivity contribution is 6.25. The van der Waals surface area contributed by atoms with Gasteiger partial charge in [0.15, 0.2) is 0 Å². The number of hydrogen-bond donors (Lipinski definition) is 4. The quantitative estimate of drug-likeness (QED) is 0.371. The molecular formula is C18H20N4O7. The predicted molar refractivity (Wildman–Crippen MR) is 99.0 cm³/mol. The lowest BCUT2D eigenvalue weighted by Gasteiger charge is -2.27. The zero-order valence-electron chi connectivity index (χ0n) is 15.6. The van der Waals surface area contributed by atoms with Gasteiger partial charge in [-0.3, -0.25) is 39.0 Å². The van der Waals surface area contributed by atoms with Crippen LogP contribution in [-0.2, 0) is 19.2 Å². The van der Waals surface area contributed by atoms with Crippen molar-refractivity contribution in [3.8, 4) is 0 Å². The fourth-order valence-corrected chi connectivity index (χ4v) is 3.10. The van der Waals surface area contributed by atoms with Crippen LogP contribution in [0.1, 0.15) is 40.0 Å². The summed E-state index contributed by atoms with van der Waals surface area (Å²) >= 11 is 0. The first-order valence-electron chi connectivity index (χ1n) is 8.72. The third-order valence-corrected chi connectivity index (χ3v) is 4.41. The van der Waals surface area contributed by atoms with Crippen LogP contribution in [0.3, 0.4) is 0 Å². The molecule has 154 valence electrons. The number of carboxylic acid groups (broad SMARTS) is 1. The normalized spacial score (nSPS) is 17.7. The first-order chi connectivity index (χ1) is 13.8. The number of benzene rings is 1. The van der Waals surface area contributed by atoms with E-state index < -0.39 is 29.7 Å². The molecule has 0 bridgehead atoms. The Bertz CT molecular complexity index is 868. The van der Waals surface area contributed by atoms with Gasteiger partial charge in [0, 0.05) is 32.1 Å². The zero-order chi connectivity index (χ0) is 21.6. The van der Waals surface area contributed by atoms with Crippen molar-refractivity contribution in [2.75, 3.05) is 18.9 Å². The van der Waals surface area contributed by atoms with Crippen LogP contribution >= 0.6 is 0 Å². The maximum atomic E-state index is 12.8. The second-order valence-electron chi connectivity index (χ2n) is 6.13. The van der Waals surface area contributed by atoms with Crippen LogP contribution in [0, 0.1) is 0 Å². The van der Waals surface area contributed by atoms with E-state index in [2.05, 4.69) is 16.0 Å². The van der Waals surface area contributed by atoms with Crippen molar-refractivity contribution in [3.05, 3.63) is 29.3 Å². The van der Waals surface area contributed by atoms with Gasteiger partial charge < -0.3 is 15.7 Å². The number of amides is 5. The molecule has 0 spiro atoms. The Morgan fingerprint density at radius 1 is 1.28 bits per heavy atom. The third kappa shape index (κ3) is 4.57. The van der Waals surface area contributed by atoms with Gasteiger partial charge in [0.1, 0.15) is 6.04 Å². The molecule has 1 atom stereocenters. The number of fused-ring (bicyclic) bond motifs is 1. The van der Waals surface area contributed by atoms with Gasteiger partial charge in [-0.25, -0.2) is 0 Å². The molecule has 0 aromatic heterocycles. The van der Waals surface area contributed by atoms with Crippen molar-refractivity contribution in [2.45, 2.75) is 25.3 Å². The average Bonchev–Trinajstić information content (AvgIpc) is 2.94. The summed E-state index contributed by atoms with van der Waals surface area (Å²) < 4.78 is 0. The molecule has 11 nitrogen and oxygen atoms in total. The molecule has 5 amide bonds. The summed E-state index contributed by atoms with van der Waals surface area (Å²) in [6, 6.07) is 3.78. The number of carbonyl (C=O) groups is 6. The standard InChI is InChI=1S/C17H18N4O5.CH2O2/c1-18-12(22)7-8-19-10-4-2-3-9-14(10)17(26)21(16(9)25)11-5-6-13(23)20-15(11)24;2-1-3/h2-4,11,19H,5-8H2,1H3,(H,18,22)(H,20,23,24);1H,(H,2,3). The monoisotopic (exact) mass is 404 g/mol. The van der Waals surface area contributed by atoms with Gasteiger partial charge >= 0.3 is 0 Å². The molecule has 1 aromatic rings. The van der Waals surface area contributed by atoms with Gasteiger partial charge in [-0.15, -0.1) is 0 Å². The van der Waals surface area contributed by atoms with E-state index in [1.165, 1.54) is 13.1 Å². The number of nitrogens with zero attached hydrogens (tertiary/aromatic N) is 1. The van der Waals surface area contributed by atoms with Crippen LogP contribution in [0.5, 0.6) is 0 Å². The summed E-state index contributed by atoms with van der Waals surface area (Å²) in [5.74, 6) is -2.36. The molecule has 4 N–H and O–H groups in total. The number of anilines is 1. The number of nitrogens with one attached hydrogen (secondary N) is 3. The van der Waals surface area contributed by atoms with Crippen LogP contribution in [0.2, 0.25) is 0 Å². The predicted octanol–water partition coefficient (Wildman–Crippen LogP) is -0.663. The third-order valence-electron chi connectivity index (χ3n) is 4.41. The first kappa shape index (κ1) is 21.5. The van der Waals surface area contributed by atoms with Crippen molar-refractivity contribution in [1.29, 1.82) is 0 Å². The summed E-state index contributed by atoms with van der Waals surface area (Å²) in [7, 11) is 1.53. The first-order valence-corrected chi connectivity index (χ1v) is 8.72. The fourth-order valence-electron chi connectivity index (χ4n) is 3.10. The molecule has 3 rings (SSSR count). The highest BCUT2D eigenvalue weighted by atomic mass is 16.3. The Morgan fingerprint density at radius 3 is 2.59 bits per heavy atom. The van der Waals surface area contributed by atoms with Crippen molar-refractivity contribution < 1.29 is 33.9 Å². The smallest absolute Gasteiger partial charge is 0.290 e. The molecular weight excluding hydrogens is 384 g/mol. The van der Waals surface area contributed by atoms with Crippen molar-refractivity contribution >= 4 is 41.7 Å². The SMILES string of the molecule is CNC(=O)CCNc1cccc2c1C(=O)N(C1CCC(=O)NC1=O)C2=O.O=CO. The van der Waals surface area contributed by atoms with E-state index in [4.69, 9.17) is 9.90 Å². The molecule has 2 aliphatic rings. The van der Waals surface area contributed by atoms with E-state index in [1.54, 1.807) is 12.1 Å². The van der Waals surface area contributed by atoms with E-state index in [-0.39, 0.29) is 49.3 Å². The van der Waals surface area contributed by atoms with E-state index in [0.29, 0.717) is 5.69 Å². The molecule has 29 heavy (non-hydrogen) atoms. The Hall–Kier alpha value is -3.76. The van der Waals surface area contributed by atoms with Crippen molar-refractivity contribution in [3.63, 3.8) is 0 Å². The maximum Gasteiger partial charge on any atom is 0.290 e. The zero-order valence-corrected chi connectivity index (χ0v) is 15.6. The molecule has 1 fully saturated rings. The lowest BCUT2D eigenvalue weighted by atomic mass is 10.0. The second kappa shape index (κ2) is 9.44. The molecule has 1 aromatic carbocycles. The summed E-state index contributed by atoms with van der Waals surface area (Å²) in [4.78, 5) is 69.5. The summed E-state index contributed by atoms with van der Waals surface area (Å²) in [6.45, 7) is 0.0377. The highest BCUT2D eigenvalue weighted by Crippen LogP contribution is 2.32. The molecule has 1 unspecified atom stereocenters. The number of carbonyl (C=O) groups excluding carboxylic acids is 5. The van der Waals surface area contributed by atoms with Crippen LogP contribution in [0.4, 0.5) is 5.69 Å². The molecule has 1 saturated heterocycles. The van der Waals surface area contributed by atoms with E-state index in [9.17, 15) is 24.0 Å². The van der Waals surface area contributed by atoms with Gasteiger partial charge in [-0.2, -0.15) is 0 Å². The van der Waals surface area contributed by atoms with Crippen molar-refractivity contribution in [1.82, 2.24) is 15.5 Å². The van der Waals surface area contributed by atoms with Gasteiger partial charge in [0.05, 0.1) is 11.1 Å². The molecule has 0 aliphatic carbocycles. The van der Waals surface area contributed by atoms with E-state index >= 15 is 0 Å². The maximum absolute atomic E-state index is 12.8. The van der Waals surface area contributed by atoms with E-state index in [1.807, 2.05) is 0 Å². The summed E-state index contributed by atoms with van der Waals surface area (Å²) in [5.41, 5.74) is 0.809. The van der Waals surface area contributed by atoms with Crippen LogP contribution in [-0.4, -0.2) is 65.6 Å². The number of rotatable bonds is 5. The van der Waals surface area contributed by atoms with E-state index in [0.717, 1.165) is 4.90 Å². The van der Waals surface area contributed by atoms with Gasteiger partial charge in [0.2, 0.25) is 17.7 Å². The lowest BCUT2D eigenvalue weighted by molar-refractivity contribution is -0.136. The minimum atomic E-state index is -1.00. The summed E-state index contributed by atoms with van der Waals surface area (Å²) in [5, 5.41) is 14.5. The molecule has 0 saturated carbocycles. The van der Waals surface area contributed by atoms with Gasteiger partial charge in [0.25, 0.3) is 18.3 Å². The van der Waals surface area contributed by atoms with Crippen molar-refractivity contribution in [2.24, 2.45) is 0 Å². The minimum absolute atomic E-state index is 0.0705. The largest absolute Gasteiger partial charge is 0.483 e. The van der Waals surface area contributed by atoms with Crippen LogP contribution in [0.15, 0.2) is 18.2 Å². The average molecular weight is 404 g/mol. The Balaban J connectivity index is 0.000000941. The highest BCUT2D eigenvalue weighted by Gasteiger charge is 2.45. The Labute approximate surface area is 165 Å². The van der Waals surface area contributed by atoms with Gasteiger partial charge in [-0.05, 0) is 18.6 Å². The number of imide groups is 2. The van der Waals surface area contributed by atoms with Gasteiger partial charge in [-0.1, -0.05) is 6.07 Å². The number of hydrogen-bond acceptors (Lipinski definition) is 7. The topological polar surface area (TPSA) is 162 Å².